The molecule has 0 aliphatic carbocycles. The van der Waals surface area contributed by atoms with Crippen LogP contribution >= 0.6 is 0 Å². The smallest absolute Gasteiger partial charge is 0.0588 e. The monoisotopic (exact) mass is 240 g/mol. The van der Waals surface area contributed by atoms with Crippen LogP contribution in [0.15, 0.2) is 0 Å². The first-order chi connectivity index (χ1) is 8.16. The summed E-state index contributed by atoms with van der Waals surface area (Å²) in [4.78, 5) is 2.44. The second kappa shape index (κ2) is 6.17. The van der Waals surface area contributed by atoms with Crippen LogP contribution in [0.1, 0.15) is 33.1 Å². The molecular formula is C14H28N2O. The Morgan fingerprint density at radius 3 is 2.59 bits per heavy atom. The van der Waals surface area contributed by atoms with Crippen molar-refractivity contribution in [2.24, 2.45) is 11.8 Å². The van der Waals surface area contributed by atoms with Gasteiger partial charge in [0.2, 0.25) is 0 Å². The van der Waals surface area contributed by atoms with Crippen molar-refractivity contribution in [2.45, 2.75) is 45.3 Å². The van der Waals surface area contributed by atoms with Crippen molar-refractivity contribution < 1.29 is 4.74 Å². The Morgan fingerprint density at radius 2 is 2.00 bits per heavy atom. The molecule has 3 heteroatoms. The van der Waals surface area contributed by atoms with Gasteiger partial charge in [0.15, 0.2) is 0 Å². The lowest BCUT2D eigenvalue weighted by Gasteiger charge is -2.33. The molecule has 0 saturated carbocycles. The number of rotatable bonds is 4. The van der Waals surface area contributed by atoms with E-state index in [4.69, 9.17) is 4.74 Å². The maximum absolute atomic E-state index is 5.61. The molecule has 0 spiro atoms. The standard InChI is InChI=1S/C14H28N2O/c1-11(13-4-7-16(3)8-5-13)15-10-14-6-9-17-12(14)2/h11-15H,4-10H2,1-3H3. The Bertz CT molecular complexity index is 226. The molecule has 2 saturated heterocycles. The molecule has 17 heavy (non-hydrogen) atoms. The fourth-order valence-electron chi connectivity index (χ4n) is 3.08. The zero-order valence-electron chi connectivity index (χ0n) is 11.6. The van der Waals surface area contributed by atoms with Crippen LogP contribution < -0.4 is 5.32 Å². The summed E-state index contributed by atoms with van der Waals surface area (Å²) in [6, 6.07) is 0.663. The third-order valence-electron chi connectivity index (χ3n) is 4.71. The molecule has 2 aliphatic rings. The quantitative estimate of drug-likeness (QED) is 0.810. The van der Waals surface area contributed by atoms with E-state index >= 15 is 0 Å². The van der Waals surface area contributed by atoms with E-state index in [0.29, 0.717) is 12.1 Å². The van der Waals surface area contributed by atoms with Gasteiger partial charge in [0.1, 0.15) is 0 Å². The summed E-state index contributed by atoms with van der Waals surface area (Å²) >= 11 is 0. The van der Waals surface area contributed by atoms with Crippen molar-refractivity contribution in [3.8, 4) is 0 Å². The number of hydrogen-bond acceptors (Lipinski definition) is 3. The van der Waals surface area contributed by atoms with Gasteiger partial charge in [0.05, 0.1) is 6.10 Å². The van der Waals surface area contributed by atoms with Gasteiger partial charge in [0.25, 0.3) is 0 Å². The van der Waals surface area contributed by atoms with Crippen molar-refractivity contribution in [3.63, 3.8) is 0 Å². The van der Waals surface area contributed by atoms with Gasteiger partial charge in [-0.15, -0.1) is 0 Å². The maximum Gasteiger partial charge on any atom is 0.0588 e. The second-order valence-corrected chi connectivity index (χ2v) is 5.96. The summed E-state index contributed by atoms with van der Waals surface area (Å²) in [5.41, 5.74) is 0. The molecule has 2 aliphatic heterocycles. The van der Waals surface area contributed by atoms with E-state index in [2.05, 4.69) is 31.1 Å². The number of ether oxygens (including phenoxy) is 1. The minimum Gasteiger partial charge on any atom is -0.378 e. The first kappa shape index (κ1) is 13.3. The summed E-state index contributed by atoms with van der Waals surface area (Å²) in [6.07, 6.45) is 4.38. The van der Waals surface area contributed by atoms with Crippen molar-refractivity contribution >= 4 is 0 Å². The van der Waals surface area contributed by atoms with E-state index in [-0.39, 0.29) is 0 Å². The highest BCUT2D eigenvalue weighted by Gasteiger charge is 2.26. The van der Waals surface area contributed by atoms with Crippen LogP contribution in [0, 0.1) is 11.8 Å². The fraction of sp³-hybridized carbons (Fsp3) is 1.00. The lowest BCUT2D eigenvalue weighted by molar-refractivity contribution is 0.103. The van der Waals surface area contributed by atoms with Crippen molar-refractivity contribution in [1.29, 1.82) is 0 Å². The SMILES string of the molecule is CC(NCC1CCOC1C)C1CCN(C)CC1. The second-order valence-electron chi connectivity index (χ2n) is 5.96. The highest BCUT2D eigenvalue weighted by Crippen LogP contribution is 2.22. The minimum absolute atomic E-state index is 0.451. The fourth-order valence-corrected chi connectivity index (χ4v) is 3.08. The minimum atomic E-state index is 0.451. The largest absolute Gasteiger partial charge is 0.378 e. The van der Waals surface area contributed by atoms with E-state index < -0.39 is 0 Å². The van der Waals surface area contributed by atoms with E-state index in [0.717, 1.165) is 25.0 Å². The van der Waals surface area contributed by atoms with E-state index in [1.165, 1.54) is 32.4 Å². The molecule has 0 aromatic carbocycles. The molecule has 0 radical (unpaired) electrons. The molecule has 3 nitrogen and oxygen atoms in total. The average molecular weight is 240 g/mol. The molecule has 2 heterocycles. The van der Waals surface area contributed by atoms with Gasteiger partial charge in [-0.2, -0.15) is 0 Å². The van der Waals surface area contributed by atoms with Crippen LogP contribution in [0.2, 0.25) is 0 Å². The normalized spacial score (nSPS) is 34.1. The topological polar surface area (TPSA) is 24.5 Å². The summed E-state index contributed by atoms with van der Waals surface area (Å²) in [6.45, 7) is 9.18. The molecule has 3 atom stereocenters. The summed E-state index contributed by atoms with van der Waals surface area (Å²) in [7, 11) is 2.23. The molecule has 100 valence electrons. The van der Waals surface area contributed by atoms with Gasteiger partial charge in [-0.25, -0.2) is 0 Å². The van der Waals surface area contributed by atoms with Gasteiger partial charge in [-0.05, 0) is 65.1 Å². The van der Waals surface area contributed by atoms with Gasteiger partial charge >= 0.3 is 0 Å². The Balaban J connectivity index is 1.68. The molecule has 1 N–H and O–H groups in total. The predicted molar refractivity (Wildman–Crippen MR) is 71.2 cm³/mol. The number of piperidine rings is 1. The molecule has 0 bridgehead atoms. The number of nitrogens with one attached hydrogen (secondary N) is 1. The third-order valence-corrected chi connectivity index (χ3v) is 4.71. The molecule has 3 unspecified atom stereocenters. The zero-order valence-corrected chi connectivity index (χ0v) is 11.6. The average Bonchev–Trinajstić information content (AvgIpc) is 2.73. The number of likely N-dealkylation sites (tertiary alicyclic amines) is 1. The van der Waals surface area contributed by atoms with Crippen LogP contribution in [-0.2, 0) is 4.74 Å². The summed E-state index contributed by atoms with van der Waals surface area (Å²) < 4.78 is 5.61. The van der Waals surface area contributed by atoms with Crippen LogP contribution in [0.5, 0.6) is 0 Å². The first-order valence-corrected chi connectivity index (χ1v) is 7.20. The Labute approximate surface area is 106 Å². The predicted octanol–water partition coefficient (Wildman–Crippen LogP) is 1.73. The van der Waals surface area contributed by atoms with Crippen molar-refractivity contribution in [2.75, 3.05) is 33.3 Å². The zero-order chi connectivity index (χ0) is 12.3. The molecule has 0 amide bonds. The van der Waals surface area contributed by atoms with Gasteiger partial charge < -0.3 is 15.0 Å². The molecule has 0 aromatic rings. The Morgan fingerprint density at radius 1 is 1.29 bits per heavy atom. The summed E-state index contributed by atoms with van der Waals surface area (Å²) in [5.74, 6) is 1.59. The highest BCUT2D eigenvalue weighted by atomic mass is 16.5. The van der Waals surface area contributed by atoms with Gasteiger partial charge in [0, 0.05) is 19.2 Å². The van der Waals surface area contributed by atoms with E-state index in [9.17, 15) is 0 Å². The number of hydrogen-bond donors (Lipinski definition) is 1. The summed E-state index contributed by atoms with van der Waals surface area (Å²) in [5, 5.41) is 3.74. The van der Waals surface area contributed by atoms with Gasteiger partial charge in [-0.1, -0.05) is 0 Å². The molecular weight excluding hydrogens is 212 g/mol. The molecule has 0 aromatic heterocycles. The van der Waals surface area contributed by atoms with Crippen molar-refractivity contribution in [1.82, 2.24) is 10.2 Å². The van der Waals surface area contributed by atoms with Crippen molar-refractivity contribution in [3.05, 3.63) is 0 Å². The maximum atomic E-state index is 5.61. The highest BCUT2D eigenvalue weighted by molar-refractivity contribution is 4.81. The van der Waals surface area contributed by atoms with Crippen LogP contribution in [0.3, 0.4) is 0 Å². The van der Waals surface area contributed by atoms with Gasteiger partial charge in [-0.3, -0.25) is 0 Å². The Hall–Kier alpha value is -0.120. The third kappa shape index (κ3) is 3.67. The van der Waals surface area contributed by atoms with Crippen LogP contribution in [0.25, 0.3) is 0 Å². The Kier molecular flexibility index (Phi) is 4.83. The van der Waals surface area contributed by atoms with E-state index in [1.807, 2.05) is 0 Å². The van der Waals surface area contributed by atoms with Crippen LogP contribution in [-0.4, -0.2) is 50.3 Å². The molecule has 2 fully saturated rings. The lowest BCUT2D eigenvalue weighted by Crippen LogP contribution is -2.42. The van der Waals surface area contributed by atoms with Crippen LogP contribution in [0.4, 0.5) is 0 Å². The molecule has 2 rings (SSSR count). The van der Waals surface area contributed by atoms with E-state index in [1.54, 1.807) is 0 Å². The first-order valence-electron chi connectivity index (χ1n) is 7.20. The lowest BCUT2D eigenvalue weighted by atomic mass is 9.90. The number of nitrogens with zero attached hydrogens (tertiary/aromatic N) is 1.